The molecule has 5 heteroatoms. The summed E-state index contributed by atoms with van der Waals surface area (Å²) < 4.78 is 5.39. The zero-order valence-electron chi connectivity index (χ0n) is 11.3. The Morgan fingerprint density at radius 1 is 1.32 bits per heavy atom. The van der Waals surface area contributed by atoms with Crippen molar-refractivity contribution in [3.8, 4) is 5.88 Å². The van der Waals surface area contributed by atoms with Crippen molar-refractivity contribution in [2.24, 2.45) is 0 Å². The lowest BCUT2D eigenvalue weighted by atomic mass is 10.2. The van der Waals surface area contributed by atoms with Crippen LogP contribution in [0.1, 0.15) is 24.3 Å². The Bertz CT molecular complexity index is 539. The van der Waals surface area contributed by atoms with Crippen LogP contribution >= 0.6 is 11.3 Å². The van der Waals surface area contributed by atoms with Gasteiger partial charge in [0.05, 0.1) is 18.8 Å². The molecule has 0 fully saturated rings. The van der Waals surface area contributed by atoms with E-state index in [9.17, 15) is 0 Å². The minimum absolute atomic E-state index is 0.495. The second-order valence-corrected chi connectivity index (χ2v) is 5.10. The molecule has 0 aromatic carbocycles. The van der Waals surface area contributed by atoms with Crippen molar-refractivity contribution in [1.82, 2.24) is 4.98 Å². The molecule has 0 unspecified atom stereocenters. The number of pyridine rings is 1. The fraction of sp³-hybridized carbons (Fsp3) is 0.357. The number of nitrogens with two attached hydrogens (primary N) is 1. The second-order valence-electron chi connectivity index (χ2n) is 4.10. The standard InChI is InChI=1S/C14H19N3OS/c1-3-10-7-8-19-12(10)9-16-13-6-5-11(15)14(17-13)18-4-2/h5-8H,3-4,9,15H2,1-2H3,(H,16,17). The van der Waals surface area contributed by atoms with E-state index in [0.717, 1.165) is 18.8 Å². The molecule has 0 spiro atoms. The van der Waals surface area contributed by atoms with Gasteiger partial charge in [-0.1, -0.05) is 6.92 Å². The van der Waals surface area contributed by atoms with Crippen LogP contribution in [0.2, 0.25) is 0 Å². The number of aryl methyl sites for hydroxylation is 1. The van der Waals surface area contributed by atoms with Gasteiger partial charge in [-0.25, -0.2) is 0 Å². The molecule has 0 saturated carbocycles. The molecule has 0 bridgehead atoms. The minimum Gasteiger partial charge on any atom is -0.476 e. The second kappa shape index (κ2) is 6.43. The highest BCUT2D eigenvalue weighted by Gasteiger charge is 2.05. The third kappa shape index (κ3) is 3.38. The summed E-state index contributed by atoms with van der Waals surface area (Å²) in [7, 11) is 0. The number of thiophene rings is 1. The molecule has 0 saturated heterocycles. The molecule has 4 nitrogen and oxygen atoms in total. The summed E-state index contributed by atoms with van der Waals surface area (Å²) in [5.41, 5.74) is 7.75. The van der Waals surface area contributed by atoms with Gasteiger partial charge in [0.25, 0.3) is 0 Å². The lowest BCUT2D eigenvalue weighted by Gasteiger charge is -2.10. The Morgan fingerprint density at radius 2 is 2.16 bits per heavy atom. The molecule has 2 aromatic heterocycles. The Labute approximate surface area is 117 Å². The highest BCUT2D eigenvalue weighted by molar-refractivity contribution is 7.10. The van der Waals surface area contributed by atoms with E-state index in [4.69, 9.17) is 10.5 Å². The van der Waals surface area contributed by atoms with E-state index in [2.05, 4.69) is 28.7 Å². The first-order valence-electron chi connectivity index (χ1n) is 6.43. The normalized spacial score (nSPS) is 10.4. The predicted molar refractivity (Wildman–Crippen MR) is 80.8 cm³/mol. The molecule has 2 heterocycles. The molecular formula is C14H19N3OS. The lowest BCUT2D eigenvalue weighted by Crippen LogP contribution is -2.05. The third-order valence-corrected chi connectivity index (χ3v) is 3.78. The molecule has 3 N–H and O–H groups in total. The van der Waals surface area contributed by atoms with Crippen LogP contribution in [0.25, 0.3) is 0 Å². The van der Waals surface area contributed by atoms with Crippen molar-refractivity contribution in [2.75, 3.05) is 17.7 Å². The van der Waals surface area contributed by atoms with Crippen LogP contribution in [-0.2, 0) is 13.0 Å². The molecular weight excluding hydrogens is 258 g/mol. The quantitative estimate of drug-likeness (QED) is 0.850. The van der Waals surface area contributed by atoms with Crippen molar-refractivity contribution < 1.29 is 4.74 Å². The van der Waals surface area contributed by atoms with Gasteiger partial charge < -0.3 is 15.8 Å². The maximum Gasteiger partial charge on any atom is 0.239 e. The monoisotopic (exact) mass is 277 g/mol. The Kier molecular flexibility index (Phi) is 4.63. The van der Waals surface area contributed by atoms with Crippen LogP contribution in [0.4, 0.5) is 11.5 Å². The fourth-order valence-corrected chi connectivity index (χ4v) is 2.73. The number of nitrogens with zero attached hydrogens (tertiary/aromatic N) is 1. The van der Waals surface area contributed by atoms with Crippen molar-refractivity contribution in [2.45, 2.75) is 26.8 Å². The van der Waals surface area contributed by atoms with Crippen molar-refractivity contribution in [1.29, 1.82) is 0 Å². The van der Waals surface area contributed by atoms with Crippen LogP contribution < -0.4 is 15.8 Å². The largest absolute Gasteiger partial charge is 0.476 e. The van der Waals surface area contributed by atoms with E-state index >= 15 is 0 Å². The summed E-state index contributed by atoms with van der Waals surface area (Å²) in [6.07, 6.45) is 1.06. The number of rotatable bonds is 6. The highest BCUT2D eigenvalue weighted by Crippen LogP contribution is 2.22. The summed E-state index contributed by atoms with van der Waals surface area (Å²) in [4.78, 5) is 5.71. The predicted octanol–water partition coefficient (Wildman–Crippen LogP) is 3.30. The SMILES string of the molecule is CCOc1nc(NCc2sccc2CC)ccc1N. The Morgan fingerprint density at radius 3 is 2.89 bits per heavy atom. The van der Waals surface area contributed by atoms with Gasteiger partial charge in [-0.3, -0.25) is 0 Å². The van der Waals surface area contributed by atoms with Crippen molar-refractivity contribution in [3.05, 3.63) is 34.0 Å². The van der Waals surface area contributed by atoms with E-state index in [0.29, 0.717) is 18.2 Å². The number of nitrogens with one attached hydrogen (secondary N) is 1. The van der Waals surface area contributed by atoms with Gasteiger partial charge in [0, 0.05) is 4.88 Å². The minimum atomic E-state index is 0.495. The number of hydrogen-bond donors (Lipinski definition) is 2. The van der Waals surface area contributed by atoms with Gasteiger partial charge in [0.15, 0.2) is 0 Å². The lowest BCUT2D eigenvalue weighted by molar-refractivity contribution is 0.329. The zero-order chi connectivity index (χ0) is 13.7. The van der Waals surface area contributed by atoms with Gasteiger partial charge in [-0.2, -0.15) is 4.98 Å². The average Bonchev–Trinajstić information content (AvgIpc) is 2.87. The highest BCUT2D eigenvalue weighted by atomic mass is 32.1. The first kappa shape index (κ1) is 13.7. The molecule has 0 amide bonds. The van der Waals surface area contributed by atoms with E-state index in [1.165, 1.54) is 10.4 Å². The van der Waals surface area contributed by atoms with E-state index in [1.54, 1.807) is 11.3 Å². The number of aromatic nitrogens is 1. The first-order chi connectivity index (χ1) is 9.24. The van der Waals surface area contributed by atoms with Crippen LogP contribution in [0.15, 0.2) is 23.6 Å². The molecule has 0 aliphatic heterocycles. The molecule has 0 aliphatic rings. The first-order valence-corrected chi connectivity index (χ1v) is 7.31. The van der Waals surface area contributed by atoms with Gasteiger partial charge in [-0.15, -0.1) is 11.3 Å². The molecule has 0 aliphatic carbocycles. The summed E-state index contributed by atoms with van der Waals surface area (Å²) in [5.74, 6) is 1.28. The Hall–Kier alpha value is -1.75. The van der Waals surface area contributed by atoms with Gasteiger partial charge in [-0.05, 0) is 42.5 Å². The summed E-state index contributed by atoms with van der Waals surface area (Å²) >= 11 is 1.76. The molecule has 0 atom stereocenters. The molecule has 19 heavy (non-hydrogen) atoms. The maximum absolute atomic E-state index is 5.80. The number of ether oxygens (including phenoxy) is 1. The molecule has 0 radical (unpaired) electrons. The summed E-state index contributed by atoms with van der Waals surface area (Å²) in [6.45, 7) is 5.43. The van der Waals surface area contributed by atoms with Crippen LogP contribution in [0, 0.1) is 0 Å². The number of anilines is 2. The van der Waals surface area contributed by atoms with Crippen LogP contribution in [-0.4, -0.2) is 11.6 Å². The van der Waals surface area contributed by atoms with Crippen molar-refractivity contribution in [3.63, 3.8) is 0 Å². The molecule has 102 valence electrons. The van der Waals surface area contributed by atoms with Crippen LogP contribution in [0.3, 0.4) is 0 Å². The molecule has 2 rings (SSSR count). The summed E-state index contributed by atoms with van der Waals surface area (Å²) in [5, 5.41) is 5.43. The van der Waals surface area contributed by atoms with Gasteiger partial charge in [0.2, 0.25) is 5.88 Å². The zero-order valence-corrected chi connectivity index (χ0v) is 12.1. The van der Waals surface area contributed by atoms with Crippen molar-refractivity contribution >= 4 is 22.8 Å². The Balaban J connectivity index is 2.05. The topological polar surface area (TPSA) is 60.2 Å². The molecule has 2 aromatic rings. The van der Waals surface area contributed by atoms with Gasteiger partial charge >= 0.3 is 0 Å². The smallest absolute Gasteiger partial charge is 0.239 e. The average molecular weight is 277 g/mol. The van der Waals surface area contributed by atoms with Gasteiger partial charge in [0.1, 0.15) is 5.82 Å². The van der Waals surface area contributed by atoms with E-state index in [-0.39, 0.29) is 0 Å². The fourth-order valence-electron chi connectivity index (χ4n) is 1.81. The summed E-state index contributed by atoms with van der Waals surface area (Å²) in [6, 6.07) is 5.86. The third-order valence-electron chi connectivity index (χ3n) is 2.82. The van der Waals surface area contributed by atoms with E-state index < -0.39 is 0 Å². The number of hydrogen-bond acceptors (Lipinski definition) is 5. The maximum atomic E-state index is 5.80. The number of nitrogen functional groups attached to an aromatic ring is 1. The van der Waals surface area contributed by atoms with E-state index in [1.807, 2.05) is 19.1 Å². The van der Waals surface area contributed by atoms with Crippen LogP contribution in [0.5, 0.6) is 5.88 Å².